The fraction of sp³-hybridized carbons (Fsp3) is 0.130. The molecule has 4 rings (SSSR count). The number of carbonyl (C=O) groups is 1. The molecule has 0 fully saturated rings. The van der Waals surface area contributed by atoms with Gasteiger partial charge in [0.15, 0.2) is 5.82 Å². The first kappa shape index (κ1) is 19.3. The summed E-state index contributed by atoms with van der Waals surface area (Å²) in [6.45, 7) is 0.543. The van der Waals surface area contributed by atoms with Crippen molar-refractivity contribution >= 4 is 5.97 Å². The molecule has 0 saturated heterocycles. The van der Waals surface area contributed by atoms with Gasteiger partial charge < -0.3 is 9.47 Å². The smallest absolute Gasteiger partial charge is 0.337 e. The molecule has 0 aliphatic heterocycles. The van der Waals surface area contributed by atoms with Gasteiger partial charge in [0, 0.05) is 5.56 Å². The minimum Gasteiger partial charge on any atom is -0.497 e. The van der Waals surface area contributed by atoms with Gasteiger partial charge in [0.25, 0.3) is 0 Å². The molecular formula is C23H20N4O3. The van der Waals surface area contributed by atoms with Gasteiger partial charge in [0.1, 0.15) is 5.75 Å². The van der Waals surface area contributed by atoms with Gasteiger partial charge in [-0.15, -0.1) is 5.10 Å². The van der Waals surface area contributed by atoms with Crippen LogP contribution in [0.4, 0.5) is 0 Å². The largest absolute Gasteiger partial charge is 0.497 e. The Balaban J connectivity index is 1.77. The van der Waals surface area contributed by atoms with Gasteiger partial charge >= 0.3 is 5.97 Å². The topological polar surface area (TPSA) is 79.1 Å². The predicted octanol–water partition coefficient (Wildman–Crippen LogP) is 3.85. The Bertz CT molecular complexity index is 1150. The molecule has 0 aliphatic rings. The predicted molar refractivity (Wildman–Crippen MR) is 112 cm³/mol. The lowest BCUT2D eigenvalue weighted by atomic mass is 9.97. The van der Waals surface area contributed by atoms with Gasteiger partial charge in [0.05, 0.1) is 26.3 Å². The van der Waals surface area contributed by atoms with Crippen molar-refractivity contribution in [1.82, 2.24) is 20.2 Å². The van der Waals surface area contributed by atoms with Gasteiger partial charge in [-0.1, -0.05) is 42.5 Å². The molecule has 30 heavy (non-hydrogen) atoms. The van der Waals surface area contributed by atoms with Crippen LogP contribution in [0.25, 0.3) is 22.5 Å². The monoisotopic (exact) mass is 400 g/mol. The highest BCUT2D eigenvalue weighted by Crippen LogP contribution is 2.34. The fourth-order valence-corrected chi connectivity index (χ4v) is 3.25. The average molecular weight is 400 g/mol. The maximum Gasteiger partial charge on any atom is 0.337 e. The molecule has 0 unspecified atom stereocenters. The lowest BCUT2D eigenvalue weighted by Crippen LogP contribution is -2.05. The molecule has 0 saturated carbocycles. The number of esters is 1. The summed E-state index contributed by atoms with van der Waals surface area (Å²) < 4.78 is 12.0. The Morgan fingerprint density at radius 1 is 0.933 bits per heavy atom. The minimum absolute atomic E-state index is 0.372. The van der Waals surface area contributed by atoms with Crippen molar-refractivity contribution in [2.45, 2.75) is 6.54 Å². The van der Waals surface area contributed by atoms with Gasteiger partial charge in [-0.2, -0.15) is 0 Å². The highest BCUT2D eigenvalue weighted by molar-refractivity contribution is 5.90. The highest BCUT2D eigenvalue weighted by atomic mass is 16.5. The molecule has 0 radical (unpaired) electrons. The van der Waals surface area contributed by atoms with E-state index in [9.17, 15) is 4.79 Å². The number of hydrogen-bond acceptors (Lipinski definition) is 6. The number of aromatic nitrogens is 4. The maximum atomic E-state index is 11.7. The number of benzene rings is 3. The van der Waals surface area contributed by atoms with E-state index in [0.29, 0.717) is 23.7 Å². The summed E-state index contributed by atoms with van der Waals surface area (Å²) in [5.41, 5.74) is 4.27. The molecule has 1 aromatic heterocycles. The van der Waals surface area contributed by atoms with E-state index in [1.54, 1.807) is 23.9 Å². The number of ether oxygens (including phenoxy) is 2. The standard InChI is InChI=1S/C23H20N4O3/c1-29-19-12-13-20(17-8-10-18(11-9-17)23(28)30-2)21(14-19)22-24-25-26-27(22)15-16-6-4-3-5-7-16/h3-14H,15H2,1-2H3. The third-order valence-corrected chi connectivity index (χ3v) is 4.79. The lowest BCUT2D eigenvalue weighted by Gasteiger charge is -2.12. The maximum absolute atomic E-state index is 11.7. The molecule has 150 valence electrons. The summed E-state index contributed by atoms with van der Waals surface area (Å²) in [5.74, 6) is 0.960. The van der Waals surface area contributed by atoms with Crippen molar-refractivity contribution < 1.29 is 14.3 Å². The van der Waals surface area contributed by atoms with Gasteiger partial charge in [0.2, 0.25) is 0 Å². The van der Waals surface area contributed by atoms with Crippen LogP contribution in [-0.2, 0) is 11.3 Å². The molecule has 0 bridgehead atoms. The number of rotatable bonds is 6. The zero-order valence-electron chi connectivity index (χ0n) is 16.6. The quantitative estimate of drug-likeness (QED) is 0.458. The second-order valence-electron chi connectivity index (χ2n) is 6.63. The average Bonchev–Trinajstić information content (AvgIpc) is 3.27. The Labute approximate surface area is 173 Å². The second-order valence-corrected chi connectivity index (χ2v) is 6.63. The van der Waals surface area contributed by atoms with Crippen molar-refractivity contribution in [2.24, 2.45) is 0 Å². The molecule has 4 aromatic rings. The Hall–Kier alpha value is -4.00. The van der Waals surface area contributed by atoms with E-state index in [1.165, 1.54) is 7.11 Å². The zero-order valence-corrected chi connectivity index (χ0v) is 16.6. The highest BCUT2D eigenvalue weighted by Gasteiger charge is 2.17. The molecule has 0 amide bonds. The summed E-state index contributed by atoms with van der Waals surface area (Å²) in [6, 6.07) is 23.0. The van der Waals surface area contributed by atoms with E-state index in [2.05, 4.69) is 15.5 Å². The number of nitrogens with zero attached hydrogens (tertiary/aromatic N) is 4. The molecule has 7 heteroatoms. The number of carbonyl (C=O) groups excluding carboxylic acids is 1. The van der Waals surface area contributed by atoms with Crippen molar-refractivity contribution in [3.05, 3.63) is 83.9 Å². The summed E-state index contributed by atoms with van der Waals surface area (Å²) in [5, 5.41) is 12.3. The third kappa shape index (κ3) is 3.91. The Morgan fingerprint density at radius 2 is 1.70 bits per heavy atom. The molecule has 0 aliphatic carbocycles. The van der Waals surface area contributed by atoms with E-state index in [4.69, 9.17) is 9.47 Å². The van der Waals surface area contributed by atoms with Crippen molar-refractivity contribution in [2.75, 3.05) is 14.2 Å². The Morgan fingerprint density at radius 3 is 2.40 bits per heavy atom. The normalized spacial score (nSPS) is 10.6. The van der Waals surface area contributed by atoms with E-state index < -0.39 is 0 Å². The zero-order chi connectivity index (χ0) is 20.9. The van der Waals surface area contributed by atoms with E-state index in [0.717, 1.165) is 22.3 Å². The van der Waals surface area contributed by atoms with Gasteiger partial charge in [-0.05, 0) is 57.4 Å². The lowest BCUT2D eigenvalue weighted by molar-refractivity contribution is 0.0601. The number of tetrazole rings is 1. The fourth-order valence-electron chi connectivity index (χ4n) is 3.25. The summed E-state index contributed by atoms with van der Waals surface area (Å²) in [4.78, 5) is 11.7. The van der Waals surface area contributed by atoms with Crippen LogP contribution in [0, 0.1) is 0 Å². The van der Waals surface area contributed by atoms with Crippen LogP contribution in [0.1, 0.15) is 15.9 Å². The first-order chi connectivity index (χ1) is 14.7. The van der Waals surface area contributed by atoms with Crippen LogP contribution in [0.5, 0.6) is 5.75 Å². The van der Waals surface area contributed by atoms with Gasteiger partial charge in [-0.3, -0.25) is 0 Å². The summed E-state index contributed by atoms with van der Waals surface area (Å²) in [7, 11) is 2.99. The first-order valence-electron chi connectivity index (χ1n) is 9.37. The number of methoxy groups -OCH3 is 2. The molecule has 0 atom stereocenters. The number of hydrogen-bond donors (Lipinski definition) is 0. The Kier molecular flexibility index (Phi) is 5.52. The summed E-state index contributed by atoms with van der Waals surface area (Å²) in [6.07, 6.45) is 0. The van der Waals surface area contributed by atoms with Crippen LogP contribution < -0.4 is 4.74 Å². The van der Waals surface area contributed by atoms with Gasteiger partial charge in [-0.25, -0.2) is 9.48 Å². The molecule has 0 N–H and O–H groups in total. The second kappa shape index (κ2) is 8.57. The molecule has 1 heterocycles. The minimum atomic E-state index is -0.372. The third-order valence-electron chi connectivity index (χ3n) is 4.79. The van der Waals surface area contributed by atoms with Crippen LogP contribution in [-0.4, -0.2) is 40.4 Å². The van der Waals surface area contributed by atoms with E-state index >= 15 is 0 Å². The van der Waals surface area contributed by atoms with Crippen LogP contribution in [0.15, 0.2) is 72.8 Å². The van der Waals surface area contributed by atoms with Crippen LogP contribution >= 0.6 is 0 Å². The molecule has 0 spiro atoms. The van der Waals surface area contributed by atoms with Crippen LogP contribution in [0.2, 0.25) is 0 Å². The van der Waals surface area contributed by atoms with Crippen molar-refractivity contribution in [3.63, 3.8) is 0 Å². The van der Waals surface area contributed by atoms with E-state index in [-0.39, 0.29) is 5.97 Å². The first-order valence-corrected chi connectivity index (χ1v) is 9.37. The molecule has 7 nitrogen and oxygen atoms in total. The molecule has 3 aromatic carbocycles. The van der Waals surface area contributed by atoms with Crippen molar-refractivity contribution in [3.8, 4) is 28.3 Å². The summed E-state index contributed by atoms with van der Waals surface area (Å²) >= 11 is 0. The van der Waals surface area contributed by atoms with Crippen LogP contribution in [0.3, 0.4) is 0 Å². The van der Waals surface area contributed by atoms with Crippen molar-refractivity contribution in [1.29, 1.82) is 0 Å². The van der Waals surface area contributed by atoms with E-state index in [1.807, 2.05) is 60.7 Å². The molecular weight excluding hydrogens is 380 g/mol. The SMILES string of the molecule is COC(=O)c1ccc(-c2ccc(OC)cc2-c2nnnn2Cc2ccccc2)cc1.